The van der Waals surface area contributed by atoms with E-state index in [1.165, 1.54) is 20.3 Å². The highest BCUT2D eigenvalue weighted by Gasteiger charge is 2.33. The molecular weight excluding hydrogens is 155 g/mol. The summed E-state index contributed by atoms with van der Waals surface area (Å²) in [7, 11) is 0. The van der Waals surface area contributed by atoms with E-state index in [1.54, 1.807) is 0 Å². The van der Waals surface area contributed by atoms with E-state index < -0.39 is 5.67 Å². The van der Waals surface area contributed by atoms with Crippen LogP contribution in [0.4, 0.5) is 4.39 Å². The molecule has 1 saturated carbocycles. The number of hydrogen-bond acceptors (Lipinski definition) is 1. The topological polar surface area (TPSA) is 17.1 Å². The monoisotopic (exact) mass is 172 g/mol. The molecule has 0 radical (unpaired) electrons. The molecule has 1 rings (SSSR count). The summed E-state index contributed by atoms with van der Waals surface area (Å²) in [6.45, 7) is 2.73. The Kier molecular flexibility index (Phi) is 2.86. The quantitative estimate of drug-likeness (QED) is 0.626. The minimum Gasteiger partial charge on any atom is -0.296 e. The zero-order valence-corrected chi connectivity index (χ0v) is 7.90. The SMILES string of the molecule is CC(C)(F)C(=O)C1CCCCC1. The number of halogens is 1. The highest BCUT2D eigenvalue weighted by atomic mass is 19.1. The first kappa shape index (κ1) is 9.69. The summed E-state index contributed by atoms with van der Waals surface area (Å²) < 4.78 is 13.2. The molecule has 2 heteroatoms. The van der Waals surface area contributed by atoms with Crippen molar-refractivity contribution in [2.45, 2.75) is 51.6 Å². The van der Waals surface area contributed by atoms with Crippen LogP contribution in [0.3, 0.4) is 0 Å². The van der Waals surface area contributed by atoms with Gasteiger partial charge in [0.2, 0.25) is 0 Å². The first-order valence-corrected chi connectivity index (χ1v) is 4.75. The Labute approximate surface area is 73.3 Å². The Morgan fingerprint density at radius 2 is 1.75 bits per heavy atom. The average Bonchev–Trinajstić information content (AvgIpc) is 2.03. The Balaban J connectivity index is 2.51. The molecule has 0 unspecified atom stereocenters. The van der Waals surface area contributed by atoms with Crippen molar-refractivity contribution in [3.8, 4) is 0 Å². The Hall–Kier alpha value is -0.400. The van der Waals surface area contributed by atoms with Crippen LogP contribution in [0.5, 0.6) is 0 Å². The van der Waals surface area contributed by atoms with Crippen molar-refractivity contribution in [3.63, 3.8) is 0 Å². The van der Waals surface area contributed by atoms with Crippen LogP contribution in [-0.4, -0.2) is 11.5 Å². The highest BCUT2D eigenvalue weighted by Crippen LogP contribution is 2.29. The zero-order chi connectivity index (χ0) is 9.19. The van der Waals surface area contributed by atoms with Crippen molar-refractivity contribution < 1.29 is 9.18 Å². The average molecular weight is 172 g/mol. The number of hydrogen-bond donors (Lipinski definition) is 0. The number of ketones is 1. The summed E-state index contributed by atoms with van der Waals surface area (Å²) >= 11 is 0. The molecule has 0 aromatic heterocycles. The largest absolute Gasteiger partial charge is 0.296 e. The lowest BCUT2D eigenvalue weighted by Gasteiger charge is -2.24. The molecule has 0 saturated heterocycles. The number of alkyl halides is 1. The van der Waals surface area contributed by atoms with Crippen LogP contribution in [0.1, 0.15) is 46.0 Å². The summed E-state index contributed by atoms with van der Waals surface area (Å²) in [5.41, 5.74) is -1.62. The number of rotatable bonds is 2. The first-order chi connectivity index (χ1) is 5.52. The molecule has 0 bridgehead atoms. The van der Waals surface area contributed by atoms with Gasteiger partial charge in [0.05, 0.1) is 0 Å². The van der Waals surface area contributed by atoms with Gasteiger partial charge in [-0.2, -0.15) is 0 Å². The van der Waals surface area contributed by atoms with Crippen molar-refractivity contribution in [2.75, 3.05) is 0 Å². The third-order valence-electron chi connectivity index (χ3n) is 2.56. The van der Waals surface area contributed by atoms with Gasteiger partial charge in [-0.25, -0.2) is 4.39 Å². The predicted molar refractivity (Wildman–Crippen MR) is 46.8 cm³/mol. The third kappa shape index (κ3) is 2.29. The van der Waals surface area contributed by atoms with E-state index in [9.17, 15) is 9.18 Å². The molecule has 1 aliphatic rings. The van der Waals surface area contributed by atoms with Gasteiger partial charge in [0.1, 0.15) is 0 Å². The summed E-state index contributed by atoms with van der Waals surface area (Å²) in [5, 5.41) is 0. The van der Waals surface area contributed by atoms with Gasteiger partial charge in [-0.3, -0.25) is 4.79 Å². The normalized spacial score (nSPS) is 20.9. The van der Waals surface area contributed by atoms with Crippen LogP contribution in [0, 0.1) is 5.92 Å². The maximum absolute atomic E-state index is 13.2. The highest BCUT2D eigenvalue weighted by molar-refractivity contribution is 5.88. The first-order valence-electron chi connectivity index (χ1n) is 4.75. The standard InChI is InChI=1S/C10H17FO/c1-10(2,11)9(12)8-6-4-3-5-7-8/h8H,3-7H2,1-2H3. The van der Waals surface area contributed by atoms with Crippen LogP contribution in [0.2, 0.25) is 0 Å². The van der Waals surface area contributed by atoms with Crippen molar-refractivity contribution in [1.82, 2.24) is 0 Å². The van der Waals surface area contributed by atoms with Gasteiger partial charge in [0, 0.05) is 5.92 Å². The van der Waals surface area contributed by atoms with Crippen LogP contribution in [0.15, 0.2) is 0 Å². The van der Waals surface area contributed by atoms with Gasteiger partial charge < -0.3 is 0 Å². The van der Waals surface area contributed by atoms with Crippen LogP contribution in [0.25, 0.3) is 0 Å². The van der Waals surface area contributed by atoms with Gasteiger partial charge in [-0.15, -0.1) is 0 Å². The molecule has 0 amide bonds. The summed E-state index contributed by atoms with van der Waals surface area (Å²) in [5.74, 6) is -0.194. The van der Waals surface area contributed by atoms with Crippen molar-refractivity contribution in [2.24, 2.45) is 5.92 Å². The fourth-order valence-electron chi connectivity index (χ4n) is 1.85. The van der Waals surface area contributed by atoms with Crippen molar-refractivity contribution >= 4 is 5.78 Å². The van der Waals surface area contributed by atoms with E-state index >= 15 is 0 Å². The van der Waals surface area contributed by atoms with Gasteiger partial charge in [0.25, 0.3) is 0 Å². The van der Waals surface area contributed by atoms with Gasteiger partial charge in [-0.05, 0) is 26.7 Å². The van der Waals surface area contributed by atoms with E-state index in [4.69, 9.17) is 0 Å². The van der Waals surface area contributed by atoms with Crippen LogP contribution < -0.4 is 0 Å². The molecule has 0 aromatic rings. The molecule has 0 spiro atoms. The second-order valence-electron chi connectivity index (χ2n) is 4.17. The lowest BCUT2D eigenvalue weighted by atomic mass is 9.82. The Bertz CT molecular complexity index is 163. The maximum Gasteiger partial charge on any atom is 0.172 e. The molecule has 0 aromatic carbocycles. The van der Waals surface area contributed by atoms with E-state index in [-0.39, 0.29) is 11.7 Å². The van der Waals surface area contributed by atoms with E-state index in [1.807, 2.05) is 0 Å². The van der Waals surface area contributed by atoms with Crippen LogP contribution in [-0.2, 0) is 4.79 Å². The van der Waals surface area contributed by atoms with E-state index in [0.717, 1.165) is 25.7 Å². The minimum atomic E-state index is -1.62. The predicted octanol–water partition coefficient (Wildman–Crippen LogP) is 2.88. The molecule has 0 aliphatic heterocycles. The summed E-state index contributed by atoms with van der Waals surface area (Å²) in [6.07, 6.45) is 5.17. The van der Waals surface area contributed by atoms with Gasteiger partial charge in [-0.1, -0.05) is 19.3 Å². The maximum atomic E-state index is 13.2. The molecule has 0 N–H and O–H groups in total. The molecule has 1 aliphatic carbocycles. The van der Waals surface area contributed by atoms with Crippen molar-refractivity contribution in [3.05, 3.63) is 0 Å². The third-order valence-corrected chi connectivity index (χ3v) is 2.56. The molecule has 0 atom stereocenters. The minimum absolute atomic E-state index is 0.00116. The number of Topliss-reactive ketones (excluding diaryl/α,β-unsaturated/α-hetero) is 1. The van der Waals surface area contributed by atoms with Gasteiger partial charge >= 0.3 is 0 Å². The lowest BCUT2D eigenvalue weighted by Crippen LogP contribution is -2.33. The number of carbonyl (C=O) groups excluding carboxylic acids is 1. The smallest absolute Gasteiger partial charge is 0.172 e. The summed E-state index contributed by atoms with van der Waals surface area (Å²) in [4.78, 5) is 11.4. The molecule has 12 heavy (non-hydrogen) atoms. The van der Waals surface area contributed by atoms with E-state index in [2.05, 4.69) is 0 Å². The molecule has 1 fully saturated rings. The van der Waals surface area contributed by atoms with Crippen molar-refractivity contribution in [1.29, 1.82) is 0 Å². The molecule has 70 valence electrons. The lowest BCUT2D eigenvalue weighted by molar-refractivity contribution is -0.133. The van der Waals surface area contributed by atoms with E-state index in [0.29, 0.717) is 0 Å². The molecule has 1 nitrogen and oxygen atoms in total. The molecule has 0 heterocycles. The Morgan fingerprint density at radius 1 is 1.25 bits per heavy atom. The second kappa shape index (κ2) is 3.55. The fourth-order valence-corrected chi connectivity index (χ4v) is 1.85. The summed E-state index contributed by atoms with van der Waals surface area (Å²) in [6, 6.07) is 0. The zero-order valence-electron chi connectivity index (χ0n) is 7.90. The Morgan fingerprint density at radius 3 is 2.17 bits per heavy atom. The molecular formula is C10H17FO. The van der Waals surface area contributed by atoms with Gasteiger partial charge in [0.15, 0.2) is 11.5 Å². The fraction of sp³-hybridized carbons (Fsp3) is 0.900. The van der Waals surface area contributed by atoms with Crippen LogP contribution >= 0.6 is 0 Å². The second-order valence-corrected chi connectivity index (χ2v) is 4.17. The number of carbonyl (C=O) groups is 1.